The molecule has 1 fully saturated rings. The molecule has 1 aliphatic rings. The molecule has 6 nitrogen and oxygen atoms in total. The normalized spacial score (nSPS) is 14.8. The fraction of sp³-hybridized carbons (Fsp3) is 0.391. The van der Waals surface area contributed by atoms with Gasteiger partial charge in [0.25, 0.3) is 0 Å². The molecule has 0 aromatic heterocycles. The molecular formula is C23H27Cl2N3O3. The maximum Gasteiger partial charge on any atom is 0.238 e. The molecule has 2 aromatic rings. The fourth-order valence-electron chi connectivity index (χ4n) is 3.60. The molecule has 0 aliphatic carbocycles. The van der Waals surface area contributed by atoms with Crippen molar-refractivity contribution in [2.24, 2.45) is 5.92 Å². The second-order valence-electron chi connectivity index (χ2n) is 7.62. The number of likely N-dealkylation sites (tertiary alicyclic amines) is 1. The van der Waals surface area contributed by atoms with E-state index in [0.29, 0.717) is 35.4 Å². The van der Waals surface area contributed by atoms with Crippen LogP contribution in [0.25, 0.3) is 0 Å². The minimum Gasteiger partial charge on any atom is -0.497 e. The van der Waals surface area contributed by atoms with Gasteiger partial charge in [-0.05, 0) is 68.2 Å². The fourth-order valence-corrected chi connectivity index (χ4v) is 3.90. The summed E-state index contributed by atoms with van der Waals surface area (Å²) in [6.45, 7) is 2.32. The number of hydrogen-bond donors (Lipinski definition) is 2. The van der Waals surface area contributed by atoms with E-state index in [1.165, 1.54) is 0 Å². The van der Waals surface area contributed by atoms with Gasteiger partial charge in [0.1, 0.15) is 5.75 Å². The largest absolute Gasteiger partial charge is 0.497 e. The van der Waals surface area contributed by atoms with Gasteiger partial charge in [0.05, 0.1) is 23.7 Å². The number of rotatable bonds is 8. The predicted octanol–water partition coefficient (Wildman–Crippen LogP) is 4.01. The van der Waals surface area contributed by atoms with E-state index in [1.807, 2.05) is 24.3 Å². The van der Waals surface area contributed by atoms with E-state index in [0.717, 1.165) is 30.6 Å². The van der Waals surface area contributed by atoms with Gasteiger partial charge < -0.3 is 15.4 Å². The van der Waals surface area contributed by atoms with Crippen LogP contribution in [0, 0.1) is 5.92 Å². The summed E-state index contributed by atoms with van der Waals surface area (Å²) >= 11 is 11.9. The molecule has 31 heavy (non-hydrogen) atoms. The van der Waals surface area contributed by atoms with Crippen LogP contribution in [-0.4, -0.2) is 50.0 Å². The van der Waals surface area contributed by atoms with Crippen molar-refractivity contribution in [3.63, 3.8) is 0 Å². The van der Waals surface area contributed by atoms with Gasteiger partial charge in [-0.3, -0.25) is 14.5 Å². The molecule has 2 aromatic carbocycles. The van der Waals surface area contributed by atoms with E-state index in [2.05, 4.69) is 15.5 Å². The summed E-state index contributed by atoms with van der Waals surface area (Å²) in [5.41, 5.74) is 1.77. The van der Waals surface area contributed by atoms with Crippen LogP contribution in [0.4, 0.5) is 5.69 Å². The van der Waals surface area contributed by atoms with Gasteiger partial charge in [0.2, 0.25) is 11.8 Å². The minimum atomic E-state index is -0.110. The van der Waals surface area contributed by atoms with Crippen LogP contribution in [0.15, 0.2) is 42.5 Å². The molecule has 166 valence electrons. The zero-order valence-corrected chi connectivity index (χ0v) is 19.0. The molecule has 1 heterocycles. The third-order valence-electron chi connectivity index (χ3n) is 5.40. The molecule has 0 atom stereocenters. The quantitative estimate of drug-likeness (QED) is 0.620. The first-order valence-corrected chi connectivity index (χ1v) is 11.1. The highest BCUT2D eigenvalue weighted by Crippen LogP contribution is 2.25. The summed E-state index contributed by atoms with van der Waals surface area (Å²) in [6, 6.07) is 12.9. The number of carbonyl (C=O) groups is 2. The molecule has 1 saturated heterocycles. The molecule has 0 radical (unpaired) electrons. The van der Waals surface area contributed by atoms with E-state index >= 15 is 0 Å². The number of nitrogens with one attached hydrogen (secondary N) is 2. The SMILES string of the molecule is COc1ccc(CCNC(=O)C2CCN(CC(=O)Nc3ccc(Cl)c(Cl)c3)CC2)cc1. The number of anilines is 1. The Morgan fingerprint density at radius 3 is 2.42 bits per heavy atom. The van der Waals surface area contributed by atoms with E-state index in [-0.39, 0.29) is 24.3 Å². The number of nitrogens with zero attached hydrogens (tertiary/aromatic N) is 1. The summed E-state index contributed by atoms with van der Waals surface area (Å²) in [6.07, 6.45) is 2.27. The molecule has 0 unspecified atom stereocenters. The topological polar surface area (TPSA) is 70.7 Å². The van der Waals surface area contributed by atoms with Gasteiger partial charge in [-0.2, -0.15) is 0 Å². The van der Waals surface area contributed by atoms with Crippen LogP contribution in [0.3, 0.4) is 0 Å². The Labute approximate surface area is 192 Å². The first-order valence-electron chi connectivity index (χ1n) is 10.3. The van der Waals surface area contributed by atoms with Crippen LogP contribution in [0.5, 0.6) is 5.75 Å². The molecule has 0 saturated carbocycles. The first-order chi connectivity index (χ1) is 14.9. The van der Waals surface area contributed by atoms with Gasteiger partial charge in [-0.15, -0.1) is 0 Å². The summed E-state index contributed by atoms with van der Waals surface area (Å²) in [4.78, 5) is 26.8. The smallest absolute Gasteiger partial charge is 0.238 e. The van der Waals surface area contributed by atoms with Gasteiger partial charge >= 0.3 is 0 Å². The predicted molar refractivity (Wildman–Crippen MR) is 124 cm³/mol. The van der Waals surface area contributed by atoms with Gasteiger partial charge in [0, 0.05) is 18.2 Å². The monoisotopic (exact) mass is 463 g/mol. The van der Waals surface area contributed by atoms with Crippen molar-refractivity contribution in [1.82, 2.24) is 10.2 Å². The van der Waals surface area contributed by atoms with Crippen LogP contribution >= 0.6 is 23.2 Å². The lowest BCUT2D eigenvalue weighted by Gasteiger charge is -2.30. The Balaban J connectivity index is 1.35. The van der Waals surface area contributed by atoms with Crippen LogP contribution < -0.4 is 15.4 Å². The number of carbonyl (C=O) groups excluding carboxylic acids is 2. The summed E-state index contributed by atoms with van der Waals surface area (Å²) in [5.74, 6) is 0.796. The second kappa shape index (κ2) is 11.4. The van der Waals surface area contributed by atoms with Crippen molar-refractivity contribution in [3.8, 4) is 5.75 Å². The molecular weight excluding hydrogens is 437 g/mol. The van der Waals surface area contributed by atoms with E-state index in [9.17, 15) is 9.59 Å². The zero-order chi connectivity index (χ0) is 22.2. The number of halogens is 2. The van der Waals surface area contributed by atoms with Crippen molar-refractivity contribution in [1.29, 1.82) is 0 Å². The Bertz CT molecular complexity index is 897. The van der Waals surface area contributed by atoms with Crippen LogP contribution in [-0.2, 0) is 16.0 Å². The maximum absolute atomic E-state index is 12.5. The highest BCUT2D eigenvalue weighted by atomic mass is 35.5. The molecule has 2 amide bonds. The lowest BCUT2D eigenvalue weighted by atomic mass is 9.96. The van der Waals surface area contributed by atoms with Crippen molar-refractivity contribution in [2.45, 2.75) is 19.3 Å². The number of methoxy groups -OCH3 is 1. The van der Waals surface area contributed by atoms with Crippen LogP contribution in [0.1, 0.15) is 18.4 Å². The van der Waals surface area contributed by atoms with Crippen LogP contribution in [0.2, 0.25) is 10.0 Å². The highest BCUT2D eigenvalue weighted by molar-refractivity contribution is 6.42. The lowest BCUT2D eigenvalue weighted by molar-refractivity contribution is -0.126. The average Bonchev–Trinajstić information content (AvgIpc) is 2.77. The molecule has 0 spiro atoms. The second-order valence-corrected chi connectivity index (χ2v) is 8.43. The average molecular weight is 464 g/mol. The van der Waals surface area contributed by atoms with E-state index < -0.39 is 0 Å². The number of hydrogen-bond acceptors (Lipinski definition) is 4. The van der Waals surface area contributed by atoms with Gasteiger partial charge in [0.15, 0.2) is 0 Å². The summed E-state index contributed by atoms with van der Waals surface area (Å²) < 4.78 is 5.15. The third-order valence-corrected chi connectivity index (χ3v) is 6.14. The van der Waals surface area contributed by atoms with Gasteiger partial charge in [-0.1, -0.05) is 35.3 Å². The number of benzene rings is 2. The van der Waals surface area contributed by atoms with Crippen molar-refractivity contribution >= 4 is 40.7 Å². The highest BCUT2D eigenvalue weighted by Gasteiger charge is 2.25. The Morgan fingerprint density at radius 1 is 1.06 bits per heavy atom. The zero-order valence-electron chi connectivity index (χ0n) is 17.5. The molecule has 3 rings (SSSR count). The number of ether oxygens (including phenoxy) is 1. The van der Waals surface area contributed by atoms with Crippen molar-refractivity contribution in [3.05, 3.63) is 58.1 Å². The molecule has 8 heteroatoms. The Hall–Kier alpha value is -2.28. The standard InChI is InChI=1S/C23H27Cl2N3O3/c1-31-19-5-2-16(3-6-19)8-11-26-23(30)17-9-12-28(13-10-17)15-22(29)27-18-4-7-20(24)21(25)14-18/h2-7,14,17H,8-13,15H2,1H3,(H,26,30)(H,27,29). The Morgan fingerprint density at radius 2 is 1.77 bits per heavy atom. The summed E-state index contributed by atoms with van der Waals surface area (Å²) in [7, 11) is 1.64. The van der Waals surface area contributed by atoms with Gasteiger partial charge in [-0.25, -0.2) is 0 Å². The summed E-state index contributed by atoms with van der Waals surface area (Å²) in [5, 5.41) is 6.72. The van der Waals surface area contributed by atoms with Crippen molar-refractivity contribution in [2.75, 3.05) is 38.6 Å². The van der Waals surface area contributed by atoms with E-state index in [1.54, 1.807) is 25.3 Å². The minimum absolute atomic E-state index is 0.00903. The molecule has 0 bridgehead atoms. The maximum atomic E-state index is 12.5. The molecule has 2 N–H and O–H groups in total. The number of amides is 2. The number of piperidine rings is 1. The van der Waals surface area contributed by atoms with E-state index in [4.69, 9.17) is 27.9 Å². The Kier molecular flexibility index (Phi) is 8.58. The first kappa shape index (κ1) is 23.4. The molecule has 1 aliphatic heterocycles. The van der Waals surface area contributed by atoms with Crippen molar-refractivity contribution < 1.29 is 14.3 Å². The lowest BCUT2D eigenvalue weighted by Crippen LogP contribution is -2.43. The third kappa shape index (κ3) is 7.13.